The molecule has 0 aliphatic carbocycles. The molecule has 94 valence electrons. The van der Waals surface area contributed by atoms with Crippen LogP contribution >= 0.6 is 0 Å². The van der Waals surface area contributed by atoms with Gasteiger partial charge in [0.2, 0.25) is 0 Å². The second-order valence-corrected chi connectivity index (χ2v) is 5.67. The predicted molar refractivity (Wildman–Crippen MR) is 65.5 cm³/mol. The maximum atomic E-state index is 11.1. The number of hydrogen-bond donors (Lipinski definition) is 1. The van der Waals surface area contributed by atoms with Gasteiger partial charge in [0.1, 0.15) is 0 Å². The molecule has 0 aromatic carbocycles. The van der Waals surface area contributed by atoms with Gasteiger partial charge >= 0.3 is 5.97 Å². The number of hydrogen-bond acceptors (Lipinski definition) is 2. The molecule has 1 unspecified atom stereocenters. The Kier molecular flexibility index (Phi) is 4.78. The van der Waals surface area contributed by atoms with E-state index in [0.717, 1.165) is 19.0 Å². The van der Waals surface area contributed by atoms with E-state index in [1.165, 1.54) is 25.7 Å². The van der Waals surface area contributed by atoms with E-state index in [1.54, 1.807) is 0 Å². The van der Waals surface area contributed by atoms with Crippen molar-refractivity contribution in [3.63, 3.8) is 0 Å². The summed E-state index contributed by atoms with van der Waals surface area (Å²) in [4.78, 5) is 13.4. The maximum absolute atomic E-state index is 11.1. The smallest absolute Gasteiger partial charge is 0.310 e. The summed E-state index contributed by atoms with van der Waals surface area (Å²) in [7, 11) is 0. The van der Waals surface area contributed by atoms with Crippen LogP contribution in [0.1, 0.15) is 46.5 Å². The molecule has 1 rings (SSSR count). The van der Waals surface area contributed by atoms with Crippen LogP contribution in [0.3, 0.4) is 0 Å². The molecule has 0 saturated carbocycles. The van der Waals surface area contributed by atoms with Crippen molar-refractivity contribution in [3.8, 4) is 0 Å². The first kappa shape index (κ1) is 13.5. The lowest BCUT2D eigenvalue weighted by Gasteiger charge is -2.28. The fourth-order valence-electron chi connectivity index (χ4n) is 2.42. The molecule has 0 amide bonds. The summed E-state index contributed by atoms with van der Waals surface area (Å²) >= 11 is 0. The van der Waals surface area contributed by atoms with Crippen molar-refractivity contribution in [2.75, 3.05) is 19.6 Å². The van der Waals surface area contributed by atoms with E-state index in [4.69, 9.17) is 5.11 Å². The van der Waals surface area contributed by atoms with E-state index >= 15 is 0 Å². The summed E-state index contributed by atoms with van der Waals surface area (Å²) in [6, 6.07) is 0. The molecule has 1 aliphatic rings. The molecule has 1 N–H and O–H groups in total. The Morgan fingerprint density at radius 1 is 1.38 bits per heavy atom. The number of carbonyl (C=O) groups is 1. The molecule has 0 aromatic heterocycles. The van der Waals surface area contributed by atoms with Crippen LogP contribution in [0, 0.1) is 11.3 Å². The summed E-state index contributed by atoms with van der Waals surface area (Å²) in [5, 5.41) is 9.11. The van der Waals surface area contributed by atoms with Crippen molar-refractivity contribution >= 4 is 5.97 Å². The highest BCUT2D eigenvalue weighted by molar-refractivity contribution is 5.73. The van der Waals surface area contributed by atoms with Gasteiger partial charge < -0.3 is 10.0 Å². The van der Waals surface area contributed by atoms with Crippen LogP contribution in [-0.2, 0) is 4.79 Å². The predicted octanol–water partition coefficient (Wildman–Crippen LogP) is 2.61. The van der Waals surface area contributed by atoms with Crippen molar-refractivity contribution < 1.29 is 9.90 Å². The first-order chi connectivity index (χ1) is 7.45. The molecule has 1 aliphatic heterocycles. The molecule has 1 heterocycles. The van der Waals surface area contributed by atoms with Crippen molar-refractivity contribution in [2.24, 2.45) is 11.3 Å². The van der Waals surface area contributed by atoms with Crippen LogP contribution in [0.25, 0.3) is 0 Å². The monoisotopic (exact) mass is 227 g/mol. The molecule has 1 atom stereocenters. The molecule has 0 spiro atoms. The second kappa shape index (κ2) is 5.67. The van der Waals surface area contributed by atoms with E-state index in [2.05, 4.69) is 11.8 Å². The van der Waals surface area contributed by atoms with Crippen molar-refractivity contribution in [1.82, 2.24) is 4.90 Å². The zero-order valence-corrected chi connectivity index (χ0v) is 10.8. The van der Waals surface area contributed by atoms with E-state index in [-0.39, 0.29) is 0 Å². The average molecular weight is 227 g/mol. The molecule has 16 heavy (non-hydrogen) atoms. The number of carboxylic acids is 1. The highest BCUT2D eigenvalue weighted by Crippen LogP contribution is 2.23. The molecule has 1 saturated heterocycles. The van der Waals surface area contributed by atoms with Gasteiger partial charge in [-0.1, -0.05) is 13.3 Å². The number of nitrogens with zero attached hydrogens (tertiary/aromatic N) is 1. The Morgan fingerprint density at radius 3 is 2.62 bits per heavy atom. The molecular weight excluding hydrogens is 202 g/mol. The average Bonchev–Trinajstić information content (AvgIpc) is 2.42. The van der Waals surface area contributed by atoms with Crippen LogP contribution in [0.15, 0.2) is 0 Å². The molecule has 1 fully saturated rings. The van der Waals surface area contributed by atoms with Crippen molar-refractivity contribution in [2.45, 2.75) is 46.5 Å². The lowest BCUT2D eigenvalue weighted by molar-refractivity contribution is -0.148. The quantitative estimate of drug-likeness (QED) is 0.802. The first-order valence-corrected chi connectivity index (χ1v) is 6.41. The number of rotatable bonds is 4. The van der Waals surface area contributed by atoms with Crippen LogP contribution in [0.2, 0.25) is 0 Å². The lowest BCUT2D eigenvalue weighted by atomic mass is 9.93. The van der Waals surface area contributed by atoms with Gasteiger partial charge in [0.05, 0.1) is 5.41 Å². The maximum Gasteiger partial charge on any atom is 0.310 e. The van der Waals surface area contributed by atoms with Crippen LogP contribution in [0.5, 0.6) is 0 Å². The van der Waals surface area contributed by atoms with Crippen molar-refractivity contribution in [1.29, 1.82) is 0 Å². The van der Waals surface area contributed by atoms with Gasteiger partial charge in [-0.15, -0.1) is 0 Å². The Hall–Kier alpha value is -0.570. The fraction of sp³-hybridized carbons (Fsp3) is 0.923. The van der Waals surface area contributed by atoms with Crippen molar-refractivity contribution in [3.05, 3.63) is 0 Å². The third-order valence-corrected chi connectivity index (χ3v) is 3.72. The SMILES string of the molecule is CCC1CCCN(CC(C)(C)C(=O)O)CC1. The largest absolute Gasteiger partial charge is 0.481 e. The molecule has 3 nitrogen and oxygen atoms in total. The van der Waals surface area contributed by atoms with Gasteiger partial charge in [0.15, 0.2) is 0 Å². The Bertz CT molecular complexity index is 238. The molecule has 0 bridgehead atoms. The number of aliphatic carboxylic acids is 1. The zero-order valence-electron chi connectivity index (χ0n) is 10.8. The van der Waals surface area contributed by atoms with Crippen LogP contribution < -0.4 is 0 Å². The van der Waals surface area contributed by atoms with E-state index in [1.807, 2.05) is 13.8 Å². The van der Waals surface area contributed by atoms with Gasteiger partial charge in [-0.2, -0.15) is 0 Å². The summed E-state index contributed by atoms with van der Waals surface area (Å²) in [5.41, 5.74) is -0.619. The van der Waals surface area contributed by atoms with Crippen LogP contribution in [-0.4, -0.2) is 35.6 Å². The highest BCUT2D eigenvalue weighted by atomic mass is 16.4. The lowest BCUT2D eigenvalue weighted by Crippen LogP contribution is -2.39. The van der Waals surface area contributed by atoms with E-state index in [9.17, 15) is 4.79 Å². The van der Waals surface area contributed by atoms with Crippen LogP contribution in [0.4, 0.5) is 0 Å². The van der Waals surface area contributed by atoms with Gasteiger partial charge in [0.25, 0.3) is 0 Å². The number of likely N-dealkylation sites (tertiary alicyclic amines) is 1. The van der Waals surface area contributed by atoms with Gasteiger partial charge in [-0.25, -0.2) is 0 Å². The normalized spacial score (nSPS) is 24.1. The summed E-state index contributed by atoms with van der Waals surface area (Å²) in [6.45, 7) is 8.69. The minimum atomic E-state index is -0.691. The molecule has 0 radical (unpaired) electrons. The van der Waals surface area contributed by atoms with Gasteiger partial charge in [0, 0.05) is 6.54 Å². The fourth-order valence-corrected chi connectivity index (χ4v) is 2.42. The second-order valence-electron chi connectivity index (χ2n) is 5.67. The third kappa shape index (κ3) is 3.78. The Morgan fingerprint density at radius 2 is 2.06 bits per heavy atom. The summed E-state index contributed by atoms with van der Waals surface area (Å²) in [6.07, 6.45) is 5.01. The van der Waals surface area contributed by atoms with E-state index in [0.29, 0.717) is 6.54 Å². The Balaban J connectivity index is 2.46. The molecule has 0 aromatic rings. The highest BCUT2D eigenvalue weighted by Gasteiger charge is 2.30. The zero-order chi connectivity index (χ0) is 12.2. The molecule has 3 heteroatoms. The minimum Gasteiger partial charge on any atom is -0.481 e. The van der Waals surface area contributed by atoms with Gasteiger partial charge in [-0.3, -0.25) is 4.79 Å². The van der Waals surface area contributed by atoms with E-state index < -0.39 is 11.4 Å². The topological polar surface area (TPSA) is 40.5 Å². The first-order valence-electron chi connectivity index (χ1n) is 6.41. The Labute approximate surface area is 98.8 Å². The number of carboxylic acid groups (broad SMARTS) is 1. The molecular formula is C13H25NO2. The van der Waals surface area contributed by atoms with Gasteiger partial charge in [-0.05, 0) is 52.1 Å². The standard InChI is InChI=1S/C13H25NO2/c1-4-11-6-5-8-14(9-7-11)10-13(2,3)12(15)16/h11H,4-10H2,1-3H3,(H,15,16). The summed E-state index contributed by atoms with van der Waals surface area (Å²) < 4.78 is 0. The third-order valence-electron chi connectivity index (χ3n) is 3.72. The summed E-state index contributed by atoms with van der Waals surface area (Å²) in [5.74, 6) is 0.154. The minimum absolute atomic E-state index is 0.619.